The third-order valence-electron chi connectivity index (χ3n) is 6.31. The van der Waals surface area contributed by atoms with E-state index in [1.165, 1.54) is 6.26 Å². The summed E-state index contributed by atoms with van der Waals surface area (Å²) in [6.07, 6.45) is 5.15. The summed E-state index contributed by atoms with van der Waals surface area (Å²) >= 11 is 0. The molecule has 4 atom stereocenters. The molecule has 0 bridgehead atoms. The lowest BCUT2D eigenvalue weighted by Gasteiger charge is -2.36. The molecule has 152 valence electrons. The van der Waals surface area contributed by atoms with E-state index in [2.05, 4.69) is 6.07 Å². The molecular formula is C25H19N3O3. The Morgan fingerprint density at radius 1 is 1.03 bits per heavy atom. The molecule has 5 rings (SSSR count). The lowest BCUT2D eigenvalue weighted by atomic mass is 9.69. The molecule has 2 aromatic carbocycles. The predicted octanol–water partition coefficient (Wildman–Crippen LogP) is 3.53. The fraction of sp³-hybridized carbons (Fsp3) is 0.160. The largest absolute Gasteiger partial charge is 0.469 e. The number of nitriles is 1. The highest BCUT2D eigenvalue weighted by Crippen LogP contribution is 2.55. The van der Waals surface area contributed by atoms with E-state index < -0.39 is 29.3 Å². The minimum Gasteiger partial charge on any atom is -0.469 e. The van der Waals surface area contributed by atoms with Crippen LogP contribution in [0.4, 0.5) is 5.69 Å². The maximum atomic E-state index is 13.9. The van der Waals surface area contributed by atoms with Gasteiger partial charge in [-0.2, -0.15) is 5.26 Å². The smallest absolute Gasteiger partial charge is 0.241 e. The number of nitrogens with zero attached hydrogens (tertiary/aromatic N) is 2. The monoisotopic (exact) mass is 409 g/mol. The van der Waals surface area contributed by atoms with Gasteiger partial charge in [0.05, 0.1) is 24.3 Å². The zero-order chi connectivity index (χ0) is 21.6. The SMILES string of the molecule is N#C[C@]1(C(N)=O)[C@H](c2ccco2)[C@@H](C(=O)c2ccccc2)N2c3ccccc3C=C[C@H]21. The molecule has 0 spiro atoms. The average Bonchev–Trinajstić information content (AvgIpc) is 3.43. The van der Waals surface area contributed by atoms with Crippen LogP contribution >= 0.6 is 0 Å². The van der Waals surface area contributed by atoms with Crippen molar-refractivity contribution in [1.29, 1.82) is 5.26 Å². The van der Waals surface area contributed by atoms with E-state index in [-0.39, 0.29) is 5.78 Å². The van der Waals surface area contributed by atoms with Crippen LogP contribution in [-0.2, 0) is 4.79 Å². The molecule has 0 unspecified atom stereocenters. The molecule has 3 heterocycles. The predicted molar refractivity (Wildman–Crippen MR) is 115 cm³/mol. The summed E-state index contributed by atoms with van der Waals surface area (Å²) < 4.78 is 5.67. The number of furan rings is 1. The van der Waals surface area contributed by atoms with E-state index in [1.807, 2.05) is 41.3 Å². The second kappa shape index (κ2) is 6.99. The van der Waals surface area contributed by atoms with Crippen LogP contribution in [0.15, 0.2) is 83.5 Å². The van der Waals surface area contributed by atoms with E-state index in [9.17, 15) is 14.9 Å². The number of hydrogen-bond acceptors (Lipinski definition) is 5. The molecule has 2 N–H and O–H groups in total. The highest BCUT2D eigenvalue weighted by Gasteiger charge is 2.66. The summed E-state index contributed by atoms with van der Waals surface area (Å²) in [5.74, 6) is -1.47. The van der Waals surface area contributed by atoms with Gasteiger partial charge in [0.1, 0.15) is 11.8 Å². The molecular weight excluding hydrogens is 390 g/mol. The summed E-state index contributed by atoms with van der Waals surface area (Å²) in [5, 5.41) is 10.3. The summed E-state index contributed by atoms with van der Waals surface area (Å²) in [4.78, 5) is 28.7. The van der Waals surface area contributed by atoms with Crippen molar-refractivity contribution in [3.8, 4) is 6.07 Å². The first-order valence-corrected chi connectivity index (χ1v) is 9.99. The van der Waals surface area contributed by atoms with Gasteiger partial charge in [-0.1, -0.05) is 60.7 Å². The van der Waals surface area contributed by atoms with E-state index in [0.29, 0.717) is 11.3 Å². The normalized spacial score (nSPS) is 26.0. The zero-order valence-corrected chi connectivity index (χ0v) is 16.5. The topological polar surface area (TPSA) is 100 Å². The first-order chi connectivity index (χ1) is 15.1. The third kappa shape index (κ3) is 2.57. The van der Waals surface area contributed by atoms with E-state index >= 15 is 0 Å². The molecule has 3 aromatic rings. The van der Waals surface area contributed by atoms with Crippen LogP contribution < -0.4 is 10.6 Å². The molecule has 6 nitrogen and oxygen atoms in total. The van der Waals surface area contributed by atoms with Crippen LogP contribution in [-0.4, -0.2) is 23.8 Å². The number of hydrogen-bond donors (Lipinski definition) is 1. The number of anilines is 1. The molecule has 2 aliphatic rings. The van der Waals surface area contributed by atoms with Crippen LogP contribution in [0.3, 0.4) is 0 Å². The fourth-order valence-electron chi connectivity index (χ4n) is 4.98. The lowest BCUT2D eigenvalue weighted by molar-refractivity contribution is -0.125. The Morgan fingerprint density at radius 3 is 2.45 bits per heavy atom. The quantitative estimate of drug-likeness (QED) is 0.665. The molecule has 1 amide bonds. The fourth-order valence-corrected chi connectivity index (χ4v) is 4.98. The number of ketones is 1. The maximum absolute atomic E-state index is 13.9. The number of benzene rings is 2. The molecule has 0 saturated carbocycles. The van der Waals surface area contributed by atoms with Crippen molar-refractivity contribution in [2.75, 3.05) is 4.90 Å². The summed E-state index contributed by atoms with van der Waals surface area (Å²) in [5.41, 5.74) is 6.38. The van der Waals surface area contributed by atoms with E-state index in [1.54, 1.807) is 42.5 Å². The molecule has 2 aliphatic heterocycles. The van der Waals surface area contributed by atoms with Crippen LogP contribution in [0, 0.1) is 16.7 Å². The average molecular weight is 409 g/mol. The van der Waals surface area contributed by atoms with Crippen molar-refractivity contribution >= 4 is 23.5 Å². The Balaban J connectivity index is 1.80. The van der Waals surface area contributed by atoms with Crippen LogP contribution in [0.1, 0.15) is 27.6 Å². The first-order valence-electron chi connectivity index (χ1n) is 9.99. The second-order valence-electron chi connectivity index (χ2n) is 7.78. The van der Waals surface area contributed by atoms with Gasteiger partial charge < -0.3 is 15.1 Å². The van der Waals surface area contributed by atoms with Gasteiger partial charge in [-0.05, 0) is 23.8 Å². The van der Waals surface area contributed by atoms with Crippen molar-refractivity contribution < 1.29 is 14.0 Å². The lowest BCUT2D eigenvalue weighted by Crippen LogP contribution is -2.48. The van der Waals surface area contributed by atoms with Crippen molar-refractivity contribution in [1.82, 2.24) is 0 Å². The number of fused-ring (bicyclic) bond motifs is 3. The molecule has 1 saturated heterocycles. The molecule has 1 fully saturated rings. The number of rotatable bonds is 4. The Kier molecular flexibility index (Phi) is 4.26. The van der Waals surface area contributed by atoms with Crippen molar-refractivity contribution in [2.45, 2.75) is 18.0 Å². The van der Waals surface area contributed by atoms with Gasteiger partial charge in [0.2, 0.25) is 5.91 Å². The van der Waals surface area contributed by atoms with Crippen molar-refractivity contribution in [3.05, 3.63) is 96.0 Å². The Bertz CT molecular complexity index is 1230. The highest BCUT2D eigenvalue weighted by atomic mass is 16.3. The van der Waals surface area contributed by atoms with Gasteiger partial charge in [0, 0.05) is 11.3 Å². The third-order valence-corrected chi connectivity index (χ3v) is 6.31. The minimum atomic E-state index is -1.68. The molecule has 0 aliphatic carbocycles. The molecule has 0 radical (unpaired) electrons. The van der Waals surface area contributed by atoms with Gasteiger partial charge in [-0.25, -0.2) is 0 Å². The maximum Gasteiger partial charge on any atom is 0.241 e. The Morgan fingerprint density at radius 2 is 1.77 bits per heavy atom. The number of nitrogens with two attached hydrogens (primary N) is 1. The van der Waals surface area contributed by atoms with Gasteiger partial charge in [0.25, 0.3) is 0 Å². The Labute approximate surface area is 179 Å². The van der Waals surface area contributed by atoms with E-state index in [4.69, 9.17) is 10.2 Å². The molecule has 31 heavy (non-hydrogen) atoms. The molecule has 6 heteroatoms. The first kappa shape index (κ1) is 18.9. The number of carbonyl (C=O) groups excluding carboxylic acids is 2. The Hall–Kier alpha value is -4.11. The summed E-state index contributed by atoms with van der Waals surface area (Å²) in [6, 6.07) is 20.5. The summed E-state index contributed by atoms with van der Waals surface area (Å²) in [7, 11) is 0. The van der Waals surface area contributed by atoms with Gasteiger partial charge in [0.15, 0.2) is 11.2 Å². The number of amides is 1. The van der Waals surface area contributed by atoms with Gasteiger partial charge in [-0.15, -0.1) is 0 Å². The number of para-hydroxylation sites is 1. The van der Waals surface area contributed by atoms with Crippen molar-refractivity contribution in [2.24, 2.45) is 11.1 Å². The molecule has 1 aromatic heterocycles. The number of primary amides is 1. The van der Waals surface area contributed by atoms with Crippen LogP contribution in [0.2, 0.25) is 0 Å². The number of carbonyl (C=O) groups is 2. The highest BCUT2D eigenvalue weighted by molar-refractivity contribution is 6.06. The van der Waals surface area contributed by atoms with Crippen LogP contribution in [0.5, 0.6) is 0 Å². The summed E-state index contributed by atoms with van der Waals surface area (Å²) in [6.45, 7) is 0. The van der Waals surface area contributed by atoms with Crippen molar-refractivity contribution in [3.63, 3.8) is 0 Å². The minimum absolute atomic E-state index is 0.199. The number of Topliss-reactive ketones (excluding diaryl/α,β-unsaturated/α-hetero) is 1. The van der Waals surface area contributed by atoms with Gasteiger partial charge in [-0.3, -0.25) is 9.59 Å². The standard InChI is InChI=1S/C25H19N3O3/c26-15-25(24(27)30)20-13-12-16-7-4-5-10-18(16)28(20)22(21(25)19-11-6-14-31-19)23(29)17-8-2-1-3-9-17/h1-14,20-22H,(H2,27,30)/t20-,21+,22-,25+/m0/s1. The second-order valence-corrected chi connectivity index (χ2v) is 7.78. The van der Waals surface area contributed by atoms with Gasteiger partial charge >= 0.3 is 0 Å². The van der Waals surface area contributed by atoms with E-state index in [0.717, 1.165) is 11.3 Å². The van der Waals surface area contributed by atoms with Crippen LogP contribution in [0.25, 0.3) is 6.08 Å². The zero-order valence-electron chi connectivity index (χ0n) is 16.5.